The standard InChI is InChI=1S/C15H17N5/c1-12-4-6-13(7-5-12)19-14-10-15(18-11-17-14)20(2)9-3-8-16/h4-7,10-11H,3,9H2,1-2H3,(H,17,18,19). The van der Waals surface area contributed by atoms with Crippen LogP contribution >= 0.6 is 0 Å². The molecule has 2 aromatic rings. The predicted octanol–water partition coefficient (Wildman–Crippen LogP) is 2.88. The Morgan fingerprint density at radius 3 is 2.70 bits per heavy atom. The number of aromatic nitrogens is 2. The molecule has 0 radical (unpaired) electrons. The van der Waals surface area contributed by atoms with E-state index >= 15 is 0 Å². The first kappa shape index (κ1) is 13.8. The van der Waals surface area contributed by atoms with E-state index in [1.165, 1.54) is 11.9 Å². The molecule has 0 fully saturated rings. The molecule has 0 unspecified atom stereocenters. The van der Waals surface area contributed by atoms with Crippen molar-refractivity contribution in [3.63, 3.8) is 0 Å². The second kappa shape index (κ2) is 6.53. The Hall–Kier alpha value is -2.61. The lowest BCUT2D eigenvalue weighted by Gasteiger charge is -2.17. The monoisotopic (exact) mass is 267 g/mol. The number of hydrogen-bond acceptors (Lipinski definition) is 5. The van der Waals surface area contributed by atoms with E-state index in [-0.39, 0.29) is 0 Å². The first-order valence-electron chi connectivity index (χ1n) is 6.43. The summed E-state index contributed by atoms with van der Waals surface area (Å²) in [4.78, 5) is 10.4. The predicted molar refractivity (Wildman–Crippen MR) is 80.0 cm³/mol. The number of hydrogen-bond donors (Lipinski definition) is 1. The van der Waals surface area contributed by atoms with Crippen molar-refractivity contribution in [2.24, 2.45) is 0 Å². The number of nitrogens with zero attached hydrogens (tertiary/aromatic N) is 4. The van der Waals surface area contributed by atoms with Gasteiger partial charge < -0.3 is 10.2 Å². The number of rotatable bonds is 5. The van der Waals surface area contributed by atoms with Crippen molar-refractivity contribution in [1.82, 2.24) is 9.97 Å². The normalized spacial score (nSPS) is 9.85. The van der Waals surface area contributed by atoms with Crippen molar-refractivity contribution in [1.29, 1.82) is 5.26 Å². The fourth-order valence-corrected chi connectivity index (χ4v) is 1.74. The van der Waals surface area contributed by atoms with Crippen LogP contribution in [0.1, 0.15) is 12.0 Å². The molecule has 1 aromatic carbocycles. The van der Waals surface area contributed by atoms with Crippen LogP contribution in [-0.4, -0.2) is 23.6 Å². The van der Waals surface area contributed by atoms with E-state index in [2.05, 4.69) is 28.3 Å². The molecule has 5 heteroatoms. The van der Waals surface area contributed by atoms with Gasteiger partial charge in [0.1, 0.15) is 18.0 Å². The molecule has 0 aliphatic carbocycles. The van der Waals surface area contributed by atoms with E-state index in [0.717, 1.165) is 17.3 Å². The zero-order valence-corrected chi connectivity index (χ0v) is 11.7. The maximum Gasteiger partial charge on any atom is 0.135 e. The highest BCUT2D eigenvalue weighted by Gasteiger charge is 2.04. The topological polar surface area (TPSA) is 64.8 Å². The maximum absolute atomic E-state index is 8.61. The van der Waals surface area contributed by atoms with Crippen LogP contribution < -0.4 is 10.2 Å². The molecule has 0 spiro atoms. The van der Waals surface area contributed by atoms with Gasteiger partial charge in [-0.25, -0.2) is 9.97 Å². The highest BCUT2D eigenvalue weighted by molar-refractivity contribution is 5.59. The van der Waals surface area contributed by atoms with E-state index in [4.69, 9.17) is 5.26 Å². The van der Waals surface area contributed by atoms with Gasteiger partial charge >= 0.3 is 0 Å². The van der Waals surface area contributed by atoms with E-state index in [1.807, 2.05) is 42.3 Å². The second-order valence-corrected chi connectivity index (χ2v) is 4.58. The Kier molecular flexibility index (Phi) is 4.51. The summed E-state index contributed by atoms with van der Waals surface area (Å²) >= 11 is 0. The number of nitrogens with one attached hydrogen (secondary N) is 1. The van der Waals surface area contributed by atoms with Crippen LogP contribution in [0.2, 0.25) is 0 Å². The largest absolute Gasteiger partial charge is 0.358 e. The molecule has 0 aliphatic heterocycles. The van der Waals surface area contributed by atoms with Crippen LogP contribution in [0, 0.1) is 18.3 Å². The maximum atomic E-state index is 8.61. The molecule has 2 rings (SSSR count). The molecule has 0 saturated heterocycles. The van der Waals surface area contributed by atoms with E-state index in [9.17, 15) is 0 Å². The molecule has 102 valence electrons. The summed E-state index contributed by atoms with van der Waals surface area (Å²) in [6, 6.07) is 12.1. The van der Waals surface area contributed by atoms with Crippen LogP contribution in [0.15, 0.2) is 36.7 Å². The molecule has 1 aromatic heterocycles. The Labute approximate surface area is 118 Å². The summed E-state index contributed by atoms with van der Waals surface area (Å²) in [5.41, 5.74) is 2.20. The molecule has 0 bridgehead atoms. The van der Waals surface area contributed by atoms with Gasteiger partial charge in [0.25, 0.3) is 0 Å². The van der Waals surface area contributed by atoms with Crippen LogP contribution in [0.3, 0.4) is 0 Å². The zero-order chi connectivity index (χ0) is 14.4. The first-order valence-corrected chi connectivity index (χ1v) is 6.43. The molecule has 20 heavy (non-hydrogen) atoms. The molecular weight excluding hydrogens is 250 g/mol. The summed E-state index contributed by atoms with van der Waals surface area (Å²) in [6.45, 7) is 2.70. The van der Waals surface area contributed by atoms with Gasteiger partial charge in [-0.15, -0.1) is 0 Å². The highest BCUT2D eigenvalue weighted by atomic mass is 15.2. The number of benzene rings is 1. The summed E-state index contributed by atoms with van der Waals surface area (Å²) in [5.74, 6) is 1.53. The van der Waals surface area contributed by atoms with Crippen molar-refractivity contribution < 1.29 is 0 Å². The van der Waals surface area contributed by atoms with E-state index in [1.54, 1.807) is 0 Å². The Morgan fingerprint density at radius 2 is 2.00 bits per heavy atom. The summed E-state index contributed by atoms with van der Waals surface area (Å²) in [5, 5.41) is 11.9. The van der Waals surface area contributed by atoms with Crippen LogP contribution in [-0.2, 0) is 0 Å². The van der Waals surface area contributed by atoms with Gasteiger partial charge in [0.05, 0.1) is 12.5 Å². The van der Waals surface area contributed by atoms with Gasteiger partial charge in [-0.1, -0.05) is 17.7 Å². The Bertz CT molecular complexity index is 600. The minimum Gasteiger partial charge on any atom is -0.358 e. The fraction of sp³-hybridized carbons (Fsp3) is 0.267. The van der Waals surface area contributed by atoms with Crippen molar-refractivity contribution >= 4 is 17.3 Å². The van der Waals surface area contributed by atoms with Crippen molar-refractivity contribution in [3.05, 3.63) is 42.2 Å². The molecule has 0 amide bonds. The third-order valence-electron chi connectivity index (χ3n) is 2.93. The van der Waals surface area contributed by atoms with E-state index < -0.39 is 0 Å². The van der Waals surface area contributed by atoms with Gasteiger partial charge in [0.15, 0.2) is 0 Å². The molecule has 0 aliphatic rings. The molecule has 1 N–H and O–H groups in total. The molecular formula is C15H17N5. The minimum atomic E-state index is 0.473. The van der Waals surface area contributed by atoms with Gasteiger partial charge in [-0.05, 0) is 19.1 Å². The van der Waals surface area contributed by atoms with Gasteiger partial charge in [0.2, 0.25) is 0 Å². The third kappa shape index (κ3) is 3.69. The lowest BCUT2D eigenvalue weighted by atomic mass is 10.2. The molecule has 0 atom stereocenters. The highest BCUT2D eigenvalue weighted by Crippen LogP contribution is 2.18. The summed E-state index contributed by atoms with van der Waals surface area (Å²) < 4.78 is 0. The van der Waals surface area contributed by atoms with Crippen LogP contribution in [0.5, 0.6) is 0 Å². The first-order chi connectivity index (χ1) is 9.69. The SMILES string of the molecule is Cc1ccc(Nc2cc(N(C)CCC#N)ncn2)cc1. The minimum absolute atomic E-state index is 0.473. The Morgan fingerprint density at radius 1 is 1.25 bits per heavy atom. The molecule has 1 heterocycles. The van der Waals surface area contributed by atoms with Gasteiger partial charge in [-0.3, -0.25) is 0 Å². The van der Waals surface area contributed by atoms with Crippen molar-refractivity contribution in [2.75, 3.05) is 23.8 Å². The van der Waals surface area contributed by atoms with Crippen LogP contribution in [0.25, 0.3) is 0 Å². The third-order valence-corrected chi connectivity index (χ3v) is 2.93. The molecule has 0 saturated carbocycles. The van der Waals surface area contributed by atoms with Crippen molar-refractivity contribution in [2.45, 2.75) is 13.3 Å². The van der Waals surface area contributed by atoms with Crippen molar-refractivity contribution in [3.8, 4) is 6.07 Å². The zero-order valence-electron chi connectivity index (χ0n) is 11.7. The fourth-order valence-electron chi connectivity index (χ4n) is 1.74. The quantitative estimate of drug-likeness (QED) is 0.902. The number of anilines is 3. The lowest BCUT2D eigenvalue weighted by molar-refractivity contribution is 0.880. The van der Waals surface area contributed by atoms with Gasteiger partial charge in [0, 0.05) is 25.3 Å². The summed E-state index contributed by atoms with van der Waals surface area (Å²) in [7, 11) is 1.91. The lowest BCUT2D eigenvalue weighted by Crippen LogP contribution is -2.19. The van der Waals surface area contributed by atoms with Gasteiger partial charge in [-0.2, -0.15) is 5.26 Å². The average Bonchev–Trinajstić information content (AvgIpc) is 2.47. The van der Waals surface area contributed by atoms with E-state index in [0.29, 0.717) is 13.0 Å². The number of nitriles is 1. The second-order valence-electron chi connectivity index (χ2n) is 4.58. The molecule has 5 nitrogen and oxygen atoms in total. The Balaban J connectivity index is 2.09. The van der Waals surface area contributed by atoms with Crippen LogP contribution in [0.4, 0.5) is 17.3 Å². The smallest absolute Gasteiger partial charge is 0.135 e. The number of aryl methyl sites for hydroxylation is 1. The average molecular weight is 267 g/mol. The summed E-state index contributed by atoms with van der Waals surface area (Å²) in [6.07, 6.45) is 2.00.